The van der Waals surface area contributed by atoms with E-state index < -0.39 is 11.9 Å². The molecule has 0 unspecified atom stereocenters. The Labute approximate surface area is 98.8 Å². The molecule has 0 fully saturated rings. The Morgan fingerprint density at radius 3 is 2.53 bits per heavy atom. The van der Waals surface area contributed by atoms with E-state index in [1.807, 2.05) is 36.4 Å². The third kappa shape index (κ3) is 5.94. The van der Waals surface area contributed by atoms with Crippen LogP contribution in [0.2, 0.25) is 0 Å². The molecule has 1 aromatic rings. The van der Waals surface area contributed by atoms with Gasteiger partial charge in [-0.3, -0.25) is 0 Å². The lowest BCUT2D eigenvalue weighted by Gasteiger charge is -1.96. The zero-order valence-electron chi connectivity index (χ0n) is 9.08. The van der Waals surface area contributed by atoms with Gasteiger partial charge in [0.2, 0.25) is 0 Å². The van der Waals surface area contributed by atoms with E-state index in [-0.39, 0.29) is 6.61 Å². The number of rotatable bonds is 5. The zero-order chi connectivity index (χ0) is 12.5. The number of hydrogen-bond acceptors (Lipinski definition) is 3. The first-order valence-electron chi connectivity index (χ1n) is 4.98. The SMILES string of the molecule is O=C(O)C=CC(=O)OCC=Cc1ccccc1. The fraction of sp³-hybridized carbons (Fsp3) is 0.0769. The maximum absolute atomic E-state index is 11.0. The lowest BCUT2D eigenvalue weighted by molar-refractivity contribution is -0.137. The van der Waals surface area contributed by atoms with E-state index >= 15 is 0 Å². The van der Waals surface area contributed by atoms with Crippen LogP contribution in [-0.4, -0.2) is 23.7 Å². The highest BCUT2D eigenvalue weighted by atomic mass is 16.5. The van der Waals surface area contributed by atoms with Crippen molar-refractivity contribution in [3.05, 3.63) is 54.1 Å². The summed E-state index contributed by atoms with van der Waals surface area (Å²) in [6.45, 7) is 0.109. The third-order valence-electron chi connectivity index (χ3n) is 1.79. The summed E-state index contributed by atoms with van der Waals surface area (Å²) >= 11 is 0. The summed E-state index contributed by atoms with van der Waals surface area (Å²) in [6, 6.07) is 9.56. The Hall–Kier alpha value is -2.36. The average Bonchev–Trinajstić information content (AvgIpc) is 2.33. The van der Waals surface area contributed by atoms with Crippen molar-refractivity contribution in [2.24, 2.45) is 0 Å². The van der Waals surface area contributed by atoms with Crippen molar-refractivity contribution >= 4 is 18.0 Å². The van der Waals surface area contributed by atoms with Crippen LogP contribution in [0.25, 0.3) is 6.08 Å². The van der Waals surface area contributed by atoms with Crippen LogP contribution in [0, 0.1) is 0 Å². The highest BCUT2D eigenvalue weighted by molar-refractivity contribution is 5.90. The molecule has 1 aromatic carbocycles. The van der Waals surface area contributed by atoms with Gasteiger partial charge in [-0.25, -0.2) is 9.59 Å². The van der Waals surface area contributed by atoms with E-state index in [9.17, 15) is 9.59 Å². The normalized spacial score (nSPS) is 10.8. The smallest absolute Gasteiger partial charge is 0.331 e. The van der Waals surface area contributed by atoms with Crippen molar-refractivity contribution in [2.45, 2.75) is 0 Å². The Bertz CT molecular complexity index is 432. The molecule has 0 spiro atoms. The summed E-state index contributed by atoms with van der Waals surface area (Å²) in [5.74, 6) is -1.85. The van der Waals surface area contributed by atoms with Gasteiger partial charge in [0.1, 0.15) is 6.61 Å². The number of carboxylic acid groups (broad SMARTS) is 1. The maximum atomic E-state index is 11.0. The van der Waals surface area contributed by atoms with Crippen LogP contribution < -0.4 is 0 Å². The molecule has 0 bridgehead atoms. The van der Waals surface area contributed by atoms with Crippen molar-refractivity contribution in [1.82, 2.24) is 0 Å². The van der Waals surface area contributed by atoms with E-state index in [0.717, 1.165) is 17.7 Å². The van der Waals surface area contributed by atoms with Crippen LogP contribution in [-0.2, 0) is 14.3 Å². The topological polar surface area (TPSA) is 63.6 Å². The van der Waals surface area contributed by atoms with Crippen LogP contribution in [0.4, 0.5) is 0 Å². The van der Waals surface area contributed by atoms with Crippen LogP contribution in [0.3, 0.4) is 0 Å². The molecule has 0 saturated carbocycles. The van der Waals surface area contributed by atoms with E-state index in [0.29, 0.717) is 0 Å². The van der Waals surface area contributed by atoms with Crippen molar-refractivity contribution in [1.29, 1.82) is 0 Å². The monoisotopic (exact) mass is 232 g/mol. The minimum Gasteiger partial charge on any atom is -0.478 e. The number of carbonyl (C=O) groups is 2. The molecule has 0 radical (unpaired) electrons. The number of carbonyl (C=O) groups excluding carboxylic acids is 1. The lowest BCUT2D eigenvalue weighted by Crippen LogP contribution is -2.01. The minimum absolute atomic E-state index is 0.109. The summed E-state index contributed by atoms with van der Waals surface area (Å²) in [5.41, 5.74) is 1.00. The second-order valence-electron chi connectivity index (χ2n) is 3.11. The largest absolute Gasteiger partial charge is 0.478 e. The lowest BCUT2D eigenvalue weighted by atomic mass is 10.2. The van der Waals surface area contributed by atoms with Gasteiger partial charge < -0.3 is 9.84 Å². The quantitative estimate of drug-likeness (QED) is 0.622. The van der Waals surface area contributed by atoms with Gasteiger partial charge in [-0.15, -0.1) is 0 Å². The van der Waals surface area contributed by atoms with E-state index in [4.69, 9.17) is 9.84 Å². The Kier molecular flexibility index (Phi) is 5.24. The van der Waals surface area contributed by atoms with Gasteiger partial charge in [-0.1, -0.05) is 36.4 Å². The molecule has 0 aliphatic heterocycles. The molecule has 0 aromatic heterocycles. The summed E-state index contributed by atoms with van der Waals surface area (Å²) < 4.78 is 4.74. The third-order valence-corrected chi connectivity index (χ3v) is 1.79. The molecule has 4 heteroatoms. The molecule has 0 aliphatic rings. The Morgan fingerprint density at radius 1 is 1.18 bits per heavy atom. The second kappa shape index (κ2) is 7.00. The number of ether oxygens (including phenoxy) is 1. The highest BCUT2D eigenvalue weighted by Crippen LogP contribution is 2.00. The van der Waals surface area contributed by atoms with E-state index in [1.165, 1.54) is 0 Å². The molecule has 88 valence electrons. The molecule has 4 nitrogen and oxygen atoms in total. The van der Waals surface area contributed by atoms with Crippen molar-refractivity contribution in [2.75, 3.05) is 6.61 Å². The number of carboxylic acids is 1. The second-order valence-corrected chi connectivity index (χ2v) is 3.11. The predicted octanol–water partition coefficient (Wildman–Crippen LogP) is 1.88. The van der Waals surface area contributed by atoms with Gasteiger partial charge in [0, 0.05) is 12.2 Å². The van der Waals surface area contributed by atoms with E-state index in [1.54, 1.807) is 6.08 Å². The fourth-order valence-electron chi connectivity index (χ4n) is 1.07. The van der Waals surface area contributed by atoms with Crippen molar-refractivity contribution < 1.29 is 19.4 Å². The number of benzene rings is 1. The minimum atomic E-state index is -1.18. The molecule has 1 rings (SSSR count). The summed E-state index contributed by atoms with van der Waals surface area (Å²) in [4.78, 5) is 21.1. The molecule has 0 atom stereocenters. The van der Waals surface area contributed by atoms with Gasteiger partial charge >= 0.3 is 11.9 Å². The first-order valence-corrected chi connectivity index (χ1v) is 4.98. The van der Waals surface area contributed by atoms with Crippen molar-refractivity contribution in [3.63, 3.8) is 0 Å². The molecule has 0 amide bonds. The van der Waals surface area contributed by atoms with Crippen LogP contribution in [0.1, 0.15) is 5.56 Å². The van der Waals surface area contributed by atoms with Gasteiger partial charge in [0.15, 0.2) is 0 Å². The van der Waals surface area contributed by atoms with Gasteiger partial charge in [-0.05, 0) is 11.6 Å². The van der Waals surface area contributed by atoms with Crippen LogP contribution in [0.15, 0.2) is 48.6 Å². The summed E-state index contributed by atoms with van der Waals surface area (Å²) in [6.07, 6.45) is 5.11. The molecule has 0 aliphatic carbocycles. The van der Waals surface area contributed by atoms with Gasteiger partial charge in [-0.2, -0.15) is 0 Å². The van der Waals surface area contributed by atoms with Gasteiger partial charge in [0.05, 0.1) is 0 Å². The number of esters is 1. The summed E-state index contributed by atoms with van der Waals surface area (Å²) in [7, 11) is 0. The maximum Gasteiger partial charge on any atom is 0.331 e. The highest BCUT2D eigenvalue weighted by Gasteiger charge is 1.95. The molecular formula is C13H12O4. The van der Waals surface area contributed by atoms with Crippen molar-refractivity contribution in [3.8, 4) is 0 Å². The number of aliphatic carboxylic acids is 1. The molecule has 0 heterocycles. The predicted molar refractivity (Wildman–Crippen MR) is 63.2 cm³/mol. The molecule has 17 heavy (non-hydrogen) atoms. The average molecular weight is 232 g/mol. The first kappa shape index (κ1) is 12.7. The summed E-state index contributed by atoms with van der Waals surface area (Å²) in [5, 5.41) is 8.27. The van der Waals surface area contributed by atoms with E-state index in [2.05, 4.69) is 0 Å². The Morgan fingerprint density at radius 2 is 1.88 bits per heavy atom. The number of hydrogen-bond donors (Lipinski definition) is 1. The van der Waals surface area contributed by atoms with Crippen LogP contribution >= 0.6 is 0 Å². The standard InChI is InChI=1S/C13H12O4/c14-12(15)8-9-13(16)17-10-4-7-11-5-2-1-3-6-11/h1-9H,10H2,(H,14,15). The fourth-order valence-corrected chi connectivity index (χ4v) is 1.07. The van der Waals surface area contributed by atoms with Gasteiger partial charge in [0.25, 0.3) is 0 Å². The molecule has 0 saturated heterocycles. The molecular weight excluding hydrogens is 220 g/mol. The molecule has 1 N–H and O–H groups in total. The zero-order valence-corrected chi connectivity index (χ0v) is 9.08. The Balaban J connectivity index is 2.31. The van der Waals surface area contributed by atoms with Crippen LogP contribution in [0.5, 0.6) is 0 Å². The first-order chi connectivity index (χ1) is 8.18.